The van der Waals surface area contributed by atoms with Crippen LogP contribution < -0.4 is 9.21 Å². The molecule has 1 aliphatic rings. The Balaban J connectivity index is 2.04. The van der Waals surface area contributed by atoms with Gasteiger partial charge in [0.25, 0.3) is 10.0 Å². The number of fused-ring (bicyclic) bond motifs is 1. The van der Waals surface area contributed by atoms with Crippen molar-refractivity contribution < 1.29 is 23.1 Å². The summed E-state index contributed by atoms with van der Waals surface area (Å²) >= 11 is 0. The number of carbonyl (C=O) groups is 2. The fraction of sp³-hybridized carbons (Fsp3) is 0.263. The smallest absolute Gasteiger partial charge is 0.337 e. The maximum Gasteiger partial charge on any atom is 0.337 e. The van der Waals surface area contributed by atoms with E-state index >= 15 is 0 Å². The Kier molecular flexibility index (Phi) is 4.69. The van der Waals surface area contributed by atoms with Crippen LogP contribution in [0.3, 0.4) is 0 Å². The minimum absolute atomic E-state index is 0.0408. The van der Waals surface area contributed by atoms with Gasteiger partial charge in [0.2, 0.25) is 5.91 Å². The summed E-state index contributed by atoms with van der Waals surface area (Å²) in [6, 6.07) is 10.5. The Bertz CT molecular complexity index is 1030. The van der Waals surface area contributed by atoms with Crippen LogP contribution >= 0.6 is 0 Å². The van der Waals surface area contributed by atoms with Crippen LogP contribution in [0.4, 0.5) is 11.4 Å². The van der Waals surface area contributed by atoms with Crippen LogP contribution in [0.15, 0.2) is 47.4 Å². The summed E-state index contributed by atoms with van der Waals surface area (Å²) < 4.78 is 27.1. The summed E-state index contributed by atoms with van der Waals surface area (Å²) in [5.41, 5.74) is 1.48. The number of carboxylic acids is 1. The van der Waals surface area contributed by atoms with Crippen molar-refractivity contribution in [1.29, 1.82) is 0 Å². The first-order valence-corrected chi connectivity index (χ1v) is 9.82. The lowest BCUT2D eigenvalue weighted by molar-refractivity contribution is -0.116. The number of nitrogens with zero attached hydrogens (tertiary/aromatic N) is 2. The molecule has 2 aromatic rings. The molecule has 1 aliphatic heterocycles. The number of benzene rings is 2. The molecule has 0 aliphatic carbocycles. The van der Waals surface area contributed by atoms with Crippen molar-refractivity contribution in [3.8, 4) is 0 Å². The van der Waals surface area contributed by atoms with Crippen molar-refractivity contribution in [2.45, 2.75) is 31.2 Å². The molecule has 2 aromatic carbocycles. The summed E-state index contributed by atoms with van der Waals surface area (Å²) in [6.07, 6.45) is 0.563. The number of hydrogen-bond acceptors (Lipinski definition) is 4. The highest BCUT2D eigenvalue weighted by molar-refractivity contribution is 7.92. The molecule has 1 amide bonds. The Labute approximate surface area is 157 Å². The molecule has 27 heavy (non-hydrogen) atoms. The van der Waals surface area contributed by atoms with Crippen molar-refractivity contribution in [1.82, 2.24) is 0 Å². The van der Waals surface area contributed by atoms with Gasteiger partial charge < -0.3 is 10.0 Å². The lowest BCUT2D eigenvalue weighted by Gasteiger charge is -2.22. The molecule has 0 spiro atoms. The van der Waals surface area contributed by atoms with E-state index in [0.717, 1.165) is 9.87 Å². The monoisotopic (exact) mass is 388 g/mol. The summed E-state index contributed by atoms with van der Waals surface area (Å²) in [6.45, 7) is 3.39. The van der Waals surface area contributed by atoms with Gasteiger partial charge in [0, 0.05) is 25.7 Å². The van der Waals surface area contributed by atoms with Crippen LogP contribution in [0.1, 0.15) is 29.8 Å². The summed E-state index contributed by atoms with van der Waals surface area (Å²) in [5.74, 6) is -1.29. The molecule has 0 aromatic heterocycles. The van der Waals surface area contributed by atoms with Crippen LogP contribution in [-0.2, 0) is 21.2 Å². The third-order valence-corrected chi connectivity index (χ3v) is 6.51. The van der Waals surface area contributed by atoms with Crippen LogP contribution in [0.2, 0.25) is 0 Å². The quantitative estimate of drug-likeness (QED) is 0.868. The molecule has 142 valence electrons. The fourth-order valence-electron chi connectivity index (χ4n) is 3.46. The molecule has 8 heteroatoms. The van der Waals surface area contributed by atoms with E-state index in [1.165, 1.54) is 32.2 Å². The van der Waals surface area contributed by atoms with E-state index in [4.69, 9.17) is 0 Å². The standard InChI is InChI=1S/C19H20N2O5S/c1-12-10-14-11-15(8-9-17(14)21(12)13(2)22)27(25,26)20(3)18-7-5-4-6-16(18)19(23)24/h4-9,11-12H,10H2,1-3H3,(H,23,24). The first-order valence-electron chi connectivity index (χ1n) is 8.38. The molecule has 1 unspecified atom stereocenters. The highest BCUT2D eigenvalue weighted by atomic mass is 32.2. The lowest BCUT2D eigenvalue weighted by Crippen LogP contribution is -2.33. The average molecular weight is 388 g/mol. The molecule has 0 bridgehead atoms. The van der Waals surface area contributed by atoms with E-state index in [0.29, 0.717) is 12.1 Å². The first-order chi connectivity index (χ1) is 12.6. The number of carboxylic acid groups (broad SMARTS) is 1. The third-order valence-electron chi connectivity index (χ3n) is 4.74. The second-order valence-corrected chi connectivity index (χ2v) is 8.50. The SMILES string of the molecule is CC(=O)N1c2ccc(S(=O)(=O)N(C)c3ccccc3C(=O)O)cc2CC1C. The molecule has 7 nitrogen and oxygen atoms in total. The molecule has 1 heterocycles. The molecular formula is C19H20N2O5S. The molecule has 0 fully saturated rings. The normalized spacial score (nSPS) is 16.1. The van der Waals surface area contributed by atoms with Crippen molar-refractivity contribution in [3.63, 3.8) is 0 Å². The molecule has 3 rings (SSSR count). The zero-order valence-electron chi connectivity index (χ0n) is 15.2. The fourth-order valence-corrected chi connectivity index (χ4v) is 4.73. The van der Waals surface area contributed by atoms with Gasteiger partial charge in [-0.05, 0) is 49.2 Å². The highest BCUT2D eigenvalue weighted by Crippen LogP contribution is 2.35. The molecular weight excluding hydrogens is 368 g/mol. The molecule has 1 N–H and O–H groups in total. The van der Waals surface area contributed by atoms with Crippen molar-refractivity contribution in [2.75, 3.05) is 16.3 Å². The van der Waals surface area contributed by atoms with Crippen LogP contribution in [0.25, 0.3) is 0 Å². The third kappa shape index (κ3) is 3.16. The predicted molar refractivity (Wildman–Crippen MR) is 102 cm³/mol. The average Bonchev–Trinajstić information content (AvgIpc) is 2.95. The molecule has 0 saturated carbocycles. The number of sulfonamides is 1. The number of aromatic carboxylic acids is 1. The van der Waals surface area contributed by atoms with Crippen molar-refractivity contribution in [2.24, 2.45) is 0 Å². The number of para-hydroxylation sites is 1. The van der Waals surface area contributed by atoms with E-state index < -0.39 is 16.0 Å². The Morgan fingerprint density at radius 2 is 1.85 bits per heavy atom. The topological polar surface area (TPSA) is 95.0 Å². The second kappa shape index (κ2) is 6.70. The van der Waals surface area contributed by atoms with E-state index in [9.17, 15) is 23.1 Å². The van der Waals surface area contributed by atoms with Gasteiger partial charge in [-0.1, -0.05) is 12.1 Å². The molecule has 0 radical (unpaired) electrons. The van der Waals surface area contributed by atoms with Crippen LogP contribution in [0, 0.1) is 0 Å². The summed E-state index contributed by atoms with van der Waals surface area (Å²) in [7, 11) is -2.63. The van der Waals surface area contributed by atoms with Gasteiger partial charge >= 0.3 is 5.97 Å². The van der Waals surface area contributed by atoms with E-state index in [2.05, 4.69) is 0 Å². The second-order valence-electron chi connectivity index (χ2n) is 6.53. The lowest BCUT2D eigenvalue weighted by atomic mass is 10.1. The van der Waals surface area contributed by atoms with Gasteiger partial charge in [-0.3, -0.25) is 9.10 Å². The Morgan fingerprint density at radius 3 is 2.48 bits per heavy atom. The molecule has 0 saturated heterocycles. The zero-order valence-corrected chi connectivity index (χ0v) is 16.0. The number of anilines is 2. The van der Waals surface area contributed by atoms with Gasteiger partial charge in [-0.25, -0.2) is 13.2 Å². The Hall–Kier alpha value is -2.87. The van der Waals surface area contributed by atoms with Crippen molar-refractivity contribution in [3.05, 3.63) is 53.6 Å². The van der Waals surface area contributed by atoms with Crippen molar-refractivity contribution >= 4 is 33.3 Å². The minimum Gasteiger partial charge on any atom is -0.478 e. The van der Waals surface area contributed by atoms with Gasteiger partial charge in [0.05, 0.1) is 16.1 Å². The molecule has 1 atom stereocenters. The van der Waals surface area contributed by atoms with E-state index in [1.54, 1.807) is 29.2 Å². The minimum atomic E-state index is -3.96. The van der Waals surface area contributed by atoms with E-state index in [-0.39, 0.29) is 28.1 Å². The van der Waals surface area contributed by atoms with Gasteiger partial charge in [-0.15, -0.1) is 0 Å². The van der Waals surface area contributed by atoms with Gasteiger partial charge in [-0.2, -0.15) is 0 Å². The van der Waals surface area contributed by atoms with Crippen LogP contribution in [-0.4, -0.2) is 38.5 Å². The Morgan fingerprint density at radius 1 is 1.19 bits per heavy atom. The van der Waals surface area contributed by atoms with Crippen LogP contribution in [0.5, 0.6) is 0 Å². The van der Waals surface area contributed by atoms with E-state index in [1.807, 2.05) is 6.92 Å². The van der Waals surface area contributed by atoms with Gasteiger partial charge in [0.1, 0.15) is 0 Å². The number of hydrogen-bond donors (Lipinski definition) is 1. The summed E-state index contributed by atoms with van der Waals surface area (Å²) in [5, 5.41) is 9.33. The highest BCUT2D eigenvalue weighted by Gasteiger charge is 2.31. The maximum atomic E-state index is 13.1. The maximum absolute atomic E-state index is 13.1. The first kappa shape index (κ1) is 18.9. The summed E-state index contributed by atoms with van der Waals surface area (Å²) in [4.78, 5) is 25.0. The number of carbonyl (C=O) groups excluding carboxylic acids is 1. The number of rotatable bonds is 4. The number of amides is 1. The van der Waals surface area contributed by atoms with Gasteiger partial charge in [0.15, 0.2) is 0 Å². The predicted octanol–water partition coefficient (Wildman–Crippen LogP) is 2.51. The zero-order chi connectivity index (χ0) is 19.9. The largest absolute Gasteiger partial charge is 0.478 e.